The number of hydrogen-bond donors (Lipinski definition) is 1. The largest absolute Gasteiger partial charge is 0.357 e. The number of anilines is 1. The molecule has 8 heteroatoms. The van der Waals surface area contributed by atoms with Gasteiger partial charge in [-0.1, -0.05) is 19.1 Å². The van der Waals surface area contributed by atoms with Gasteiger partial charge in [0.2, 0.25) is 0 Å². The molecule has 1 aliphatic rings. The van der Waals surface area contributed by atoms with Gasteiger partial charge in [-0.25, -0.2) is 14.4 Å². The van der Waals surface area contributed by atoms with Gasteiger partial charge >= 0.3 is 0 Å². The number of aliphatic imine (C=N–C) groups is 1. The van der Waals surface area contributed by atoms with E-state index in [2.05, 4.69) is 33.1 Å². The molecule has 6 nitrogen and oxygen atoms in total. The van der Waals surface area contributed by atoms with Crippen LogP contribution in [-0.4, -0.2) is 67.1 Å². The molecule has 1 aliphatic heterocycles. The molecule has 1 N–H and O–H groups in total. The van der Waals surface area contributed by atoms with E-state index < -0.39 is 0 Å². The summed E-state index contributed by atoms with van der Waals surface area (Å²) < 4.78 is 13.5. The Morgan fingerprint density at radius 1 is 1.13 bits per heavy atom. The molecule has 3 rings (SSSR count). The molecule has 0 radical (unpaired) electrons. The minimum Gasteiger partial charge on any atom is -0.357 e. The fourth-order valence-electron chi connectivity index (χ4n) is 3.64. The molecule has 0 saturated carbocycles. The maximum Gasteiger partial charge on any atom is 0.194 e. The van der Waals surface area contributed by atoms with E-state index in [4.69, 9.17) is 4.99 Å². The first-order chi connectivity index (χ1) is 14.6. The Morgan fingerprint density at radius 2 is 1.90 bits per heavy atom. The summed E-state index contributed by atoms with van der Waals surface area (Å²) in [6.07, 6.45) is 1.87. The second-order valence-electron chi connectivity index (χ2n) is 7.60. The van der Waals surface area contributed by atoms with Gasteiger partial charge in [0.1, 0.15) is 11.6 Å². The normalized spacial score (nSPS) is 14.8. The zero-order valence-corrected chi connectivity index (χ0v) is 21.1. The van der Waals surface area contributed by atoms with Crippen molar-refractivity contribution in [2.45, 2.75) is 26.9 Å². The van der Waals surface area contributed by atoms with Crippen molar-refractivity contribution in [3.05, 3.63) is 59.5 Å². The van der Waals surface area contributed by atoms with Gasteiger partial charge in [0, 0.05) is 52.5 Å². The highest BCUT2D eigenvalue weighted by Crippen LogP contribution is 2.16. The molecular formula is C23H34FIN6. The van der Waals surface area contributed by atoms with E-state index in [1.54, 1.807) is 12.1 Å². The van der Waals surface area contributed by atoms with Crippen molar-refractivity contribution in [3.8, 4) is 0 Å². The molecule has 2 aromatic rings. The van der Waals surface area contributed by atoms with E-state index >= 15 is 0 Å². The van der Waals surface area contributed by atoms with Gasteiger partial charge in [0.25, 0.3) is 0 Å². The minimum absolute atomic E-state index is 0. The van der Waals surface area contributed by atoms with E-state index in [-0.39, 0.29) is 29.8 Å². The lowest BCUT2D eigenvalue weighted by molar-refractivity contribution is 0.270. The molecule has 0 aliphatic carbocycles. The average molecular weight is 540 g/mol. The number of pyridine rings is 1. The maximum absolute atomic E-state index is 13.5. The number of benzene rings is 1. The van der Waals surface area contributed by atoms with Crippen LogP contribution in [0.3, 0.4) is 0 Å². The molecule has 1 aromatic carbocycles. The fraction of sp³-hybridized carbons (Fsp3) is 0.478. The first-order valence-corrected chi connectivity index (χ1v) is 10.7. The molecule has 0 unspecified atom stereocenters. The van der Waals surface area contributed by atoms with E-state index in [0.717, 1.165) is 62.2 Å². The predicted octanol–water partition coefficient (Wildman–Crippen LogP) is 3.58. The van der Waals surface area contributed by atoms with Gasteiger partial charge in [-0.2, -0.15) is 0 Å². The van der Waals surface area contributed by atoms with Gasteiger partial charge in [-0.3, -0.25) is 0 Å². The van der Waals surface area contributed by atoms with E-state index in [0.29, 0.717) is 13.1 Å². The third kappa shape index (κ3) is 7.60. The van der Waals surface area contributed by atoms with Crippen LogP contribution in [0, 0.1) is 5.82 Å². The lowest BCUT2D eigenvalue weighted by Gasteiger charge is -2.34. The lowest BCUT2D eigenvalue weighted by Crippen LogP contribution is -2.46. The smallest absolute Gasteiger partial charge is 0.194 e. The second-order valence-corrected chi connectivity index (χ2v) is 7.60. The van der Waals surface area contributed by atoms with Crippen LogP contribution in [0.2, 0.25) is 0 Å². The van der Waals surface area contributed by atoms with Crippen molar-refractivity contribution in [1.29, 1.82) is 0 Å². The van der Waals surface area contributed by atoms with Crippen molar-refractivity contribution < 1.29 is 4.39 Å². The molecule has 1 saturated heterocycles. The highest BCUT2D eigenvalue weighted by atomic mass is 127. The van der Waals surface area contributed by atoms with Crippen LogP contribution in [-0.2, 0) is 13.1 Å². The summed E-state index contributed by atoms with van der Waals surface area (Å²) in [6, 6.07) is 10.9. The van der Waals surface area contributed by atoms with Crippen LogP contribution in [0.15, 0.2) is 47.6 Å². The van der Waals surface area contributed by atoms with E-state index in [1.165, 1.54) is 6.07 Å². The van der Waals surface area contributed by atoms with Crippen molar-refractivity contribution in [2.75, 3.05) is 51.2 Å². The zero-order chi connectivity index (χ0) is 21.3. The van der Waals surface area contributed by atoms with Crippen molar-refractivity contribution in [3.63, 3.8) is 0 Å². The minimum atomic E-state index is -0.216. The van der Waals surface area contributed by atoms with Crippen LogP contribution in [0.25, 0.3) is 0 Å². The molecule has 0 spiro atoms. The molecule has 2 heterocycles. The summed E-state index contributed by atoms with van der Waals surface area (Å²) >= 11 is 0. The molecule has 31 heavy (non-hydrogen) atoms. The summed E-state index contributed by atoms with van der Waals surface area (Å²) in [4.78, 5) is 16.2. The number of piperazine rings is 1. The molecule has 170 valence electrons. The second kappa shape index (κ2) is 12.8. The van der Waals surface area contributed by atoms with Crippen LogP contribution < -0.4 is 10.2 Å². The summed E-state index contributed by atoms with van der Waals surface area (Å²) in [5.41, 5.74) is 2.05. The van der Waals surface area contributed by atoms with E-state index in [9.17, 15) is 4.39 Å². The molecule has 1 fully saturated rings. The van der Waals surface area contributed by atoms with Gasteiger partial charge in [0.05, 0.1) is 6.54 Å². The topological polar surface area (TPSA) is 47.0 Å². The van der Waals surface area contributed by atoms with Crippen LogP contribution >= 0.6 is 24.0 Å². The third-order valence-electron chi connectivity index (χ3n) is 5.37. The Kier molecular flexibility index (Phi) is 10.5. The van der Waals surface area contributed by atoms with Crippen LogP contribution in [0.5, 0.6) is 0 Å². The Bertz CT molecular complexity index is 838. The Labute approximate surface area is 202 Å². The predicted molar refractivity (Wildman–Crippen MR) is 137 cm³/mol. The van der Waals surface area contributed by atoms with Gasteiger partial charge in [0.15, 0.2) is 5.96 Å². The average Bonchev–Trinajstić information content (AvgIpc) is 2.77. The monoisotopic (exact) mass is 540 g/mol. The maximum atomic E-state index is 13.5. The Balaban J connectivity index is 0.00000341. The molecule has 0 atom stereocenters. The number of nitrogens with one attached hydrogen (secondary N) is 1. The Morgan fingerprint density at radius 3 is 2.58 bits per heavy atom. The number of nitrogens with zero attached hydrogens (tertiary/aromatic N) is 5. The summed E-state index contributed by atoms with van der Waals surface area (Å²) in [5, 5.41) is 3.33. The number of guanidine groups is 1. The number of rotatable bonds is 7. The summed E-state index contributed by atoms with van der Waals surface area (Å²) in [5.74, 6) is 1.61. The molecule has 0 bridgehead atoms. The zero-order valence-electron chi connectivity index (χ0n) is 18.7. The number of aromatic nitrogens is 1. The summed E-state index contributed by atoms with van der Waals surface area (Å²) in [7, 11) is 1.97. The quantitative estimate of drug-likeness (QED) is 0.331. The number of halogens is 2. The Hall–Kier alpha value is -1.94. The highest BCUT2D eigenvalue weighted by molar-refractivity contribution is 14.0. The van der Waals surface area contributed by atoms with Crippen LogP contribution in [0.1, 0.15) is 25.0 Å². The molecule has 0 amide bonds. The van der Waals surface area contributed by atoms with Gasteiger partial charge < -0.3 is 20.0 Å². The van der Waals surface area contributed by atoms with Crippen molar-refractivity contribution in [1.82, 2.24) is 20.1 Å². The van der Waals surface area contributed by atoms with E-state index in [1.807, 2.05) is 37.2 Å². The SMILES string of the molecule is CCNC(=NCc1ccnc(N2CCN(CC)CC2)c1)N(C)Cc1cccc(F)c1.I. The van der Waals surface area contributed by atoms with Gasteiger partial charge in [-0.15, -0.1) is 24.0 Å². The van der Waals surface area contributed by atoms with Gasteiger partial charge in [-0.05, 0) is 48.9 Å². The summed E-state index contributed by atoms with van der Waals surface area (Å²) in [6.45, 7) is 11.5. The standard InChI is InChI=1S/C23H33FN6.HI/c1-4-25-23(28(3)18-20-7-6-8-21(24)15-20)27-17-19-9-10-26-22(16-19)30-13-11-29(5-2)12-14-30;/h6-10,15-16H,4-5,11-14,17-18H2,1-3H3,(H,25,27);1H. The number of hydrogen-bond acceptors (Lipinski definition) is 4. The first kappa shape index (κ1) is 25.3. The number of likely N-dealkylation sites (N-methyl/N-ethyl adjacent to an activating group) is 1. The highest BCUT2D eigenvalue weighted by Gasteiger charge is 2.17. The fourth-order valence-corrected chi connectivity index (χ4v) is 3.64. The van der Waals surface area contributed by atoms with Crippen LogP contribution in [0.4, 0.5) is 10.2 Å². The third-order valence-corrected chi connectivity index (χ3v) is 5.37. The van der Waals surface area contributed by atoms with Crippen molar-refractivity contribution in [2.24, 2.45) is 4.99 Å². The molecular weight excluding hydrogens is 506 g/mol. The first-order valence-electron chi connectivity index (χ1n) is 10.7. The molecule has 1 aromatic heterocycles. The lowest BCUT2D eigenvalue weighted by atomic mass is 10.2. The van der Waals surface area contributed by atoms with Crippen molar-refractivity contribution >= 4 is 35.8 Å².